The molecule has 0 spiro atoms. The zero-order chi connectivity index (χ0) is 20.0. The first kappa shape index (κ1) is 23.5. The summed E-state index contributed by atoms with van der Waals surface area (Å²) in [6.07, 6.45) is -4.37. The summed E-state index contributed by atoms with van der Waals surface area (Å²) < 4.78 is 36.4. The number of imidazole rings is 1. The minimum absolute atomic E-state index is 0. The van der Waals surface area contributed by atoms with Gasteiger partial charge in [-0.3, -0.25) is 9.09 Å². The number of rotatable bonds is 6. The van der Waals surface area contributed by atoms with Gasteiger partial charge in [-0.1, -0.05) is 6.10 Å². The molecule has 0 saturated carbocycles. The van der Waals surface area contributed by atoms with Crippen LogP contribution in [-0.4, -0.2) is 82.2 Å². The van der Waals surface area contributed by atoms with E-state index >= 15 is 0 Å². The van der Waals surface area contributed by atoms with Crippen LogP contribution in [0.25, 0.3) is 11.2 Å². The molecule has 3 rings (SSSR count). The zero-order valence-corrected chi connectivity index (χ0v) is 17.0. The second-order valence-electron chi connectivity index (χ2n) is 5.41. The molecule has 3 heterocycles. The van der Waals surface area contributed by atoms with Crippen molar-refractivity contribution in [2.45, 2.75) is 24.5 Å². The maximum absolute atomic E-state index is 12.3. The molecule has 1 unspecified atom stereocenters. The SMILES string of the molecule is Nc1ncnc2c1ncn2[C@@H]1O[C@H](COP(=O)(O)OP(=O)(O)O)[C@@H]([O-])[C@H]1[O-].[Mg+2]. The number of anilines is 1. The van der Waals surface area contributed by atoms with Crippen molar-refractivity contribution in [2.24, 2.45) is 0 Å². The molecule has 1 aliphatic rings. The van der Waals surface area contributed by atoms with E-state index < -0.39 is 46.8 Å². The molecule has 0 aliphatic carbocycles. The van der Waals surface area contributed by atoms with E-state index in [1.165, 1.54) is 10.9 Å². The van der Waals surface area contributed by atoms with Gasteiger partial charge in [0.15, 0.2) is 11.5 Å². The van der Waals surface area contributed by atoms with Crippen molar-refractivity contribution in [1.29, 1.82) is 0 Å². The Morgan fingerprint density at radius 3 is 2.54 bits per heavy atom. The van der Waals surface area contributed by atoms with Gasteiger partial charge in [0.25, 0.3) is 0 Å². The molecule has 2 aromatic heterocycles. The van der Waals surface area contributed by atoms with Gasteiger partial charge in [-0.05, 0) is 0 Å². The van der Waals surface area contributed by atoms with Crippen molar-refractivity contribution < 1.29 is 47.6 Å². The van der Waals surface area contributed by atoms with Gasteiger partial charge in [0.1, 0.15) is 18.1 Å². The maximum atomic E-state index is 12.3. The van der Waals surface area contributed by atoms with Gasteiger partial charge < -0.3 is 35.4 Å². The van der Waals surface area contributed by atoms with Gasteiger partial charge in [0.2, 0.25) is 0 Å². The standard InChI is InChI=1S/C10H13N5O10P2.Mg/c11-8-5-9(13-2-12-8)15(3-14-5)10-7(17)6(16)4(24-10)1-23-27(21,22)25-26(18,19)20;/h2-4,6-7,10H,1H2,(H,21,22)(H2,11,12,13)(H2,18,19,20);/q-2;+2/t4-,6-,7-,10-;/m1./s1. The van der Waals surface area contributed by atoms with Crippen molar-refractivity contribution >= 4 is 55.7 Å². The number of fused-ring (bicyclic) bond motifs is 1. The summed E-state index contributed by atoms with van der Waals surface area (Å²) in [5.74, 6) is 0.0496. The van der Waals surface area contributed by atoms with Crippen molar-refractivity contribution in [3.63, 3.8) is 0 Å². The first-order chi connectivity index (χ1) is 12.5. The Kier molecular flexibility index (Phi) is 7.19. The molecule has 150 valence electrons. The van der Waals surface area contributed by atoms with E-state index in [2.05, 4.69) is 23.8 Å². The Balaban J connectivity index is 0.00000280. The normalized spacial score (nSPS) is 27.5. The average molecular weight is 449 g/mol. The number of hydrogen-bond donors (Lipinski definition) is 4. The summed E-state index contributed by atoms with van der Waals surface area (Å²) in [5, 5.41) is 24.4. The van der Waals surface area contributed by atoms with Crippen LogP contribution in [0.5, 0.6) is 0 Å². The van der Waals surface area contributed by atoms with E-state index in [9.17, 15) is 24.2 Å². The third-order valence-corrected chi connectivity index (χ3v) is 5.71. The molecule has 5 N–H and O–H groups in total. The van der Waals surface area contributed by atoms with Crippen molar-refractivity contribution in [2.75, 3.05) is 12.3 Å². The summed E-state index contributed by atoms with van der Waals surface area (Å²) in [6, 6.07) is 0. The number of ether oxygens (including phenoxy) is 1. The smallest absolute Gasteiger partial charge is 0.851 e. The quantitative estimate of drug-likeness (QED) is 0.248. The topological polar surface area (TPSA) is 238 Å². The summed E-state index contributed by atoms with van der Waals surface area (Å²) in [5.41, 5.74) is 5.96. The molecule has 1 saturated heterocycles. The van der Waals surface area contributed by atoms with E-state index in [4.69, 9.17) is 20.3 Å². The minimum Gasteiger partial charge on any atom is -0.851 e. The Labute approximate surface area is 172 Å². The molecule has 5 atom stereocenters. The van der Waals surface area contributed by atoms with Crippen LogP contribution < -0.4 is 15.9 Å². The molecular weight excluding hydrogens is 436 g/mol. The fraction of sp³-hybridized carbons (Fsp3) is 0.500. The van der Waals surface area contributed by atoms with Gasteiger partial charge in [-0.2, -0.15) is 4.31 Å². The predicted molar refractivity (Wildman–Crippen MR) is 85.9 cm³/mol. The fourth-order valence-electron chi connectivity index (χ4n) is 2.45. The summed E-state index contributed by atoms with van der Waals surface area (Å²) in [4.78, 5) is 37.9. The number of nitrogen functional groups attached to an aromatic ring is 1. The van der Waals surface area contributed by atoms with Gasteiger partial charge >= 0.3 is 38.7 Å². The third-order valence-electron chi connectivity index (χ3n) is 3.56. The number of phosphoric ester groups is 1. The van der Waals surface area contributed by atoms with Crippen LogP contribution in [0.1, 0.15) is 6.23 Å². The molecule has 18 heteroatoms. The van der Waals surface area contributed by atoms with Gasteiger partial charge in [0.05, 0.1) is 19.0 Å². The Morgan fingerprint density at radius 2 is 1.89 bits per heavy atom. The fourth-order valence-corrected chi connectivity index (χ4v) is 4.05. The van der Waals surface area contributed by atoms with Gasteiger partial charge in [-0.25, -0.2) is 24.1 Å². The van der Waals surface area contributed by atoms with Crippen LogP contribution in [0.4, 0.5) is 5.82 Å². The van der Waals surface area contributed by atoms with Crippen LogP contribution in [0.15, 0.2) is 12.7 Å². The number of aromatic nitrogens is 4. The summed E-state index contributed by atoms with van der Waals surface area (Å²) in [7, 11) is -10.5. The Bertz CT molecular complexity index is 938. The number of hydrogen-bond acceptors (Lipinski definition) is 11. The number of nitrogens with zero attached hydrogens (tertiary/aromatic N) is 4. The van der Waals surface area contributed by atoms with Crippen LogP contribution in [0.2, 0.25) is 0 Å². The van der Waals surface area contributed by atoms with Crippen LogP contribution >= 0.6 is 15.6 Å². The molecular formula is C10H13MgN5O10P2. The van der Waals surface area contributed by atoms with E-state index in [0.717, 1.165) is 6.33 Å². The Morgan fingerprint density at radius 1 is 1.21 bits per heavy atom. The van der Waals surface area contributed by atoms with Crippen LogP contribution in [-0.2, 0) is 22.7 Å². The van der Waals surface area contributed by atoms with Gasteiger partial charge in [0, 0.05) is 0 Å². The molecule has 15 nitrogen and oxygen atoms in total. The van der Waals surface area contributed by atoms with E-state index in [0.29, 0.717) is 0 Å². The minimum atomic E-state index is -5.32. The van der Waals surface area contributed by atoms with Gasteiger partial charge in [-0.15, -0.1) is 6.10 Å². The van der Waals surface area contributed by atoms with E-state index in [1.807, 2.05) is 0 Å². The maximum Gasteiger partial charge on any atom is 2.00 e. The van der Waals surface area contributed by atoms with E-state index in [-0.39, 0.29) is 40.0 Å². The van der Waals surface area contributed by atoms with Crippen LogP contribution in [0, 0.1) is 0 Å². The molecule has 0 bridgehead atoms. The average Bonchev–Trinajstić information content (AvgIpc) is 3.07. The first-order valence-electron chi connectivity index (χ1n) is 7.13. The molecule has 0 radical (unpaired) electrons. The van der Waals surface area contributed by atoms with Crippen molar-refractivity contribution in [1.82, 2.24) is 19.5 Å². The molecule has 0 amide bonds. The second kappa shape index (κ2) is 8.55. The van der Waals surface area contributed by atoms with Crippen LogP contribution in [0.3, 0.4) is 0 Å². The zero-order valence-electron chi connectivity index (χ0n) is 13.8. The number of nitrogens with two attached hydrogens (primary N) is 1. The Hall–Kier alpha value is -0.744. The van der Waals surface area contributed by atoms with E-state index in [1.54, 1.807) is 0 Å². The summed E-state index contributed by atoms with van der Waals surface area (Å²) in [6.45, 7) is -0.916. The van der Waals surface area contributed by atoms with Crippen molar-refractivity contribution in [3.05, 3.63) is 12.7 Å². The predicted octanol–water partition coefficient (Wildman–Crippen LogP) is -3.39. The number of phosphoric acid groups is 2. The first-order valence-corrected chi connectivity index (χ1v) is 10.2. The third kappa shape index (κ3) is 5.05. The summed E-state index contributed by atoms with van der Waals surface area (Å²) >= 11 is 0. The molecule has 2 aromatic rings. The monoisotopic (exact) mass is 449 g/mol. The molecule has 0 aromatic carbocycles. The van der Waals surface area contributed by atoms with Crippen molar-refractivity contribution in [3.8, 4) is 0 Å². The molecule has 1 fully saturated rings. The molecule has 1 aliphatic heterocycles. The molecule has 28 heavy (non-hydrogen) atoms. The largest absolute Gasteiger partial charge is 2.00 e. The second-order valence-corrected chi connectivity index (χ2v) is 8.24.